The molecule has 1 aromatic heterocycles. The van der Waals surface area contributed by atoms with Crippen LogP contribution in [-0.4, -0.2) is 33.5 Å². The van der Waals surface area contributed by atoms with Crippen molar-refractivity contribution in [3.63, 3.8) is 0 Å². The van der Waals surface area contributed by atoms with Crippen molar-refractivity contribution >= 4 is 45.2 Å². The Kier molecular flexibility index (Phi) is 9.23. The van der Waals surface area contributed by atoms with Gasteiger partial charge in [0.05, 0.1) is 17.2 Å². The molecule has 1 amide bonds. The molecular formula is C32H34BrN5O3S. The van der Waals surface area contributed by atoms with Crippen molar-refractivity contribution in [3.8, 4) is 11.5 Å². The van der Waals surface area contributed by atoms with Gasteiger partial charge >= 0.3 is 0 Å². The number of amides is 1. The molecule has 0 radical (unpaired) electrons. The highest BCUT2D eigenvalue weighted by atomic mass is 79.9. The smallest absolute Gasteiger partial charge is 0.255 e. The van der Waals surface area contributed by atoms with Gasteiger partial charge in [0, 0.05) is 17.1 Å². The number of thioether (sulfide) groups is 1. The van der Waals surface area contributed by atoms with E-state index in [9.17, 15) is 4.79 Å². The van der Waals surface area contributed by atoms with E-state index in [4.69, 9.17) is 19.6 Å². The lowest BCUT2D eigenvalue weighted by Crippen LogP contribution is -2.31. The molecule has 1 aliphatic heterocycles. The molecule has 1 unspecified atom stereocenters. The van der Waals surface area contributed by atoms with Crippen LogP contribution < -0.4 is 20.1 Å². The number of benzene rings is 3. The average Bonchev–Trinajstić information content (AvgIpc) is 3.39. The normalized spacial score (nSPS) is 14.3. The number of nitrogens with one attached hydrogen (secondary N) is 2. The fraction of sp³-hybridized carbons (Fsp3) is 0.281. The van der Waals surface area contributed by atoms with E-state index >= 15 is 0 Å². The number of halogens is 1. The fourth-order valence-electron chi connectivity index (χ4n) is 4.83. The van der Waals surface area contributed by atoms with Gasteiger partial charge in [-0.3, -0.25) is 4.79 Å². The maximum Gasteiger partial charge on any atom is 0.255 e. The predicted octanol–water partition coefficient (Wildman–Crippen LogP) is 7.67. The average molecular weight is 649 g/mol. The monoisotopic (exact) mass is 647 g/mol. The number of carbonyl (C=O) groups excluding carboxylic acids is 1. The molecule has 218 valence electrons. The van der Waals surface area contributed by atoms with E-state index in [0.717, 1.165) is 40.1 Å². The highest BCUT2D eigenvalue weighted by Crippen LogP contribution is 2.43. The molecule has 10 heteroatoms. The predicted molar refractivity (Wildman–Crippen MR) is 172 cm³/mol. The number of anilines is 2. The number of hydrogen-bond donors (Lipinski definition) is 2. The largest absolute Gasteiger partial charge is 0.493 e. The second-order valence-electron chi connectivity index (χ2n) is 10.1. The molecule has 0 saturated carbocycles. The Morgan fingerprint density at radius 2 is 1.90 bits per heavy atom. The summed E-state index contributed by atoms with van der Waals surface area (Å²) < 4.78 is 14.5. The second-order valence-corrected chi connectivity index (χ2v) is 12.0. The number of methoxy groups -OCH3 is 1. The minimum absolute atomic E-state index is 0.220. The van der Waals surface area contributed by atoms with Crippen molar-refractivity contribution in [2.24, 2.45) is 0 Å². The van der Waals surface area contributed by atoms with Crippen LogP contribution in [0, 0.1) is 13.8 Å². The zero-order valence-electron chi connectivity index (χ0n) is 24.3. The molecule has 0 aliphatic carbocycles. The van der Waals surface area contributed by atoms with Crippen molar-refractivity contribution in [3.05, 3.63) is 98.7 Å². The topological polar surface area (TPSA) is 90.3 Å². The van der Waals surface area contributed by atoms with Crippen LogP contribution in [0.4, 0.5) is 11.6 Å². The molecule has 8 nitrogen and oxygen atoms in total. The molecule has 42 heavy (non-hydrogen) atoms. The van der Waals surface area contributed by atoms with Crippen LogP contribution in [-0.2, 0) is 11.4 Å². The highest BCUT2D eigenvalue weighted by molar-refractivity contribution is 9.10. The summed E-state index contributed by atoms with van der Waals surface area (Å²) in [5.74, 6) is 2.39. The molecule has 5 rings (SSSR count). The third-order valence-electron chi connectivity index (χ3n) is 7.16. The Labute approximate surface area is 259 Å². The highest BCUT2D eigenvalue weighted by Gasteiger charge is 2.35. The number of fused-ring (bicyclic) bond motifs is 1. The molecule has 0 spiro atoms. The Bertz CT molecular complexity index is 1640. The summed E-state index contributed by atoms with van der Waals surface area (Å²) >= 11 is 5.30. The van der Waals surface area contributed by atoms with Crippen LogP contribution in [0.25, 0.3) is 0 Å². The van der Waals surface area contributed by atoms with Crippen molar-refractivity contribution < 1.29 is 14.3 Å². The lowest BCUT2D eigenvalue weighted by Gasteiger charge is -2.29. The van der Waals surface area contributed by atoms with Crippen LogP contribution in [0.5, 0.6) is 11.5 Å². The van der Waals surface area contributed by atoms with Crippen molar-refractivity contribution in [2.45, 2.75) is 51.9 Å². The van der Waals surface area contributed by atoms with Crippen molar-refractivity contribution in [1.29, 1.82) is 0 Å². The van der Waals surface area contributed by atoms with Gasteiger partial charge in [-0.05, 0) is 83.6 Å². The quantitative estimate of drug-likeness (QED) is 0.171. The SMILES string of the molecule is CCCSc1nc2n(n1)C(c1cc(Br)c(OCc3ccccc3)c(OC)c1)C(C(=O)Nc1cccc(C)c1C)=C(C)N2. The van der Waals surface area contributed by atoms with E-state index < -0.39 is 6.04 Å². The molecule has 4 aromatic rings. The fourth-order valence-corrected chi connectivity index (χ4v) is 6.09. The number of hydrogen-bond acceptors (Lipinski definition) is 7. The van der Waals surface area contributed by atoms with Crippen molar-refractivity contribution in [2.75, 3.05) is 23.5 Å². The summed E-state index contributed by atoms with van der Waals surface area (Å²) in [5, 5.41) is 12.0. The zero-order valence-corrected chi connectivity index (χ0v) is 26.7. The summed E-state index contributed by atoms with van der Waals surface area (Å²) in [6.07, 6.45) is 1.00. The molecule has 3 aromatic carbocycles. The summed E-state index contributed by atoms with van der Waals surface area (Å²) in [6.45, 7) is 8.44. The molecule has 1 aliphatic rings. The van der Waals surface area contributed by atoms with Gasteiger partial charge in [0.15, 0.2) is 11.5 Å². The van der Waals surface area contributed by atoms with Gasteiger partial charge in [-0.2, -0.15) is 4.98 Å². The third-order valence-corrected chi connectivity index (χ3v) is 8.79. The Morgan fingerprint density at radius 3 is 2.64 bits per heavy atom. The lowest BCUT2D eigenvalue weighted by atomic mass is 9.94. The van der Waals surface area contributed by atoms with E-state index in [1.165, 1.54) is 0 Å². The first-order chi connectivity index (χ1) is 20.3. The molecule has 0 fully saturated rings. The van der Waals surface area contributed by atoms with E-state index in [-0.39, 0.29) is 5.91 Å². The number of carbonyl (C=O) groups is 1. The first kappa shape index (κ1) is 29.7. The Balaban J connectivity index is 1.57. The van der Waals surface area contributed by atoms with Gasteiger partial charge in [0.25, 0.3) is 5.91 Å². The summed E-state index contributed by atoms with van der Waals surface area (Å²) in [6, 6.07) is 19.1. The van der Waals surface area contributed by atoms with E-state index in [0.29, 0.717) is 45.0 Å². The van der Waals surface area contributed by atoms with Crippen molar-refractivity contribution in [1.82, 2.24) is 14.8 Å². The third kappa shape index (κ3) is 6.19. The first-order valence-corrected chi connectivity index (χ1v) is 15.6. The summed E-state index contributed by atoms with van der Waals surface area (Å²) in [4.78, 5) is 18.8. The zero-order chi connectivity index (χ0) is 29.8. The number of nitrogens with zero attached hydrogens (tertiary/aromatic N) is 3. The maximum atomic E-state index is 14.0. The number of ether oxygens (including phenoxy) is 2. The van der Waals surface area contributed by atoms with Gasteiger partial charge < -0.3 is 20.1 Å². The molecule has 1 atom stereocenters. The van der Waals surface area contributed by atoms with Crippen LogP contribution in [0.15, 0.2) is 81.6 Å². The second kappa shape index (κ2) is 13.0. The van der Waals surface area contributed by atoms with Crippen LogP contribution >= 0.6 is 27.7 Å². The minimum Gasteiger partial charge on any atom is -0.493 e. The number of rotatable bonds is 10. The van der Waals surface area contributed by atoms with Crippen LogP contribution in [0.3, 0.4) is 0 Å². The lowest BCUT2D eigenvalue weighted by molar-refractivity contribution is -0.113. The standard InChI is InChI=1S/C32H34BrN5O3S/c1-6-15-42-32-36-31-34-21(4)27(30(39)35-25-14-10-11-19(2)20(25)3)28(38(31)37-32)23-16-24(33)29(26(17-23)40-5)41-18-22-12-8-7-9-13-22/h7-14,16-17,28H,6,15,18H2,1-5H3,(H,35,39)(H,34,36,37). The molecule has 0 bridgehead atoms. The molecular weight excluding hydrogens is 614 g/mol. The van der Waals surface area contributed by atoms with Gasteiger partial charge in [0.2, 0.25) is 11.1 Å². The Hall–Kier alpha value is -3.76. The molecule has 2 N–H and O–H groups in total. The summed E-state index contributed by atoms with van der Waals surface area (Å²) in [5.41, 5.74) is 5.98. The number of allylic oxidation sites excluding steroid dienone is 1. The molecule has 0 saturated heterocycles. The van der Waals surface area contributed by atoms with Crippen LogP contribution in [0.2, 0.25) is 0 Å². The van der Waals surface area contributed by atoms with E-state index in [1.54, 1.807) is 23.6 Å². The number of aryl methyl sites for hydroxylation is 1. The van der Waals surface area contributed by atoms with Crippen LogP contribution in [0.1, 0.15) is 48.6 Å². The Morgan fingerprint density at radius 1 is 1.12 bits per heavy atom. The maximum absolute atomic E-state index is 14.0. The summed E-state index contributed by atoms with van der Waals surface area (Å²) in [7, 11) is 1.61. The first-order valence-electron chi connectivity index (χ1n) is 13.8. The van der Waals surface area contributed by atoms with Gasteiger partial charge in [-0.15, -0.1) is 5.10 Å². The number of aromatic nitrogens is 3. The van der Waals surface area contributed by atoms with E-state index in [1.807, 2.05) is 81.4 Å². The van der Waals surface area contributed by atoms with E-state index in [2.05, 4.69) is 33.5 Å². The minimum atomic E-state index is -0.566. The molecule has 2 heterocycles. The van der Waals surface area contributed by atoms with Gasteiger partial charge in [-0.1, -0.05) is 61.2 Å². The van der Waals surface area contributed by atoms with Gasteiger partial charge in [-0.25, -0.2) is 4.68 Å². The van der Waals surface area contributed by atoms with Gasteiger partial charge in [0.1, 0.15) is 12.6 Å².